The Morgan fingerprint density at radius 1 is 0.279 bits per heavy atom. The summed E-state index contributed by atoms with van der Waals surface area (Å²) in [6.07, 6.45) is 0. The van der Waals surface area contributed by atoms with Crippen molar-refractivity contribution in [3.05, 3.63) is 162 Å². The number of nitrogens with zero attached hydrogens (tertiary/aromatic N) is 4. The predicted molar refractivity (Wildman–Crippen MR) is 172 cm³/mol. The lowest BCUT2D eigenvalue weighted by molar-refractivity contribution is 1.28. The summed E-state index contributed by atoms with van der Waals surface area (Å²) in [6.45, 7) is 0. The first kappa shape index (κ1) is 26.8. The standard InChI is InChI=1S/C39H24N4/c40-25-28-1-7-31(8-2-28)34-13-19-37(20-14-34)43(38-21-15-35(16-22-38)32-9-3-29(26-41)4-10-32)39-23-17-36(18-24-39)33-11-5-30(27-42)6-12-33/h1-24H. The minimum absolute atomic E-state index is 0.639. The smallest absolute Gasteiger partial charge is 0.0991 e. The first-order valence-electron chi connectivity index (χ1n) is 13.8. The number of benzene rings is 6. The van der Waals surface area contributed by atoms with Crippen LogP contribution in [0, 0.1) is 34.0 Å². The first-order chi connectivity index (χ1) is 21.1. The van der Waals surface area contributed by atoms with Crippen LogP contribution in [0.1, 0.15) is 16.7 Å². The highest BCUT2D eigenvalue weighted by molar-refractivity contribution is 5.81. The van der Waals surface area contributed by atoms with Crippen LogP contribution in [0.25, 0.3) is 33.4 Å². The Morgan fingerprint density at radius 2 is 0.465 bits per heavy atom. The normalized spacial score (nSPS) is 10.3. The lowest BCUT2D eigenvalue weighted by Crippen LogP contribution is -2.09. The fraction of sp³-hybridized carbons (Fsp3) is 0. The Bertz CT molecular complexity index is 1750. The van der Waals surface area contributed by atoms with Crippen LogP contribution in [0.3, 0.4) is 0 Å². The van der Waals surface area contributed by atoms with E-state index in [1.54, 1.807) is 0 Å². The molecular weight excluding hydrogens is 524 g/mol. The maximum atomic E-state index is 9.14. The summed E-state index contributed by atoms with van der Waals surface area (Å²) in [4.78, 5) is 2.22. The molecule has 0 unspecified atom stereocenters. The van der Waals surface area contributed by atoms with Crippen LogP contribution in [-0.4, -0.2) is 0 Å². The molecule has 0 fully saturated rings. The van der Waals surface area contributed by atoms with E-state index in [0.717, 1.165) is 50.4 Å². The van der Waals surface area contributed by atoms with Crippen LogP contribution >= 0.6 is 0 Å². The van der Waals surface area contributed by atoms with E-state index in [9.17, 15) is 0 Å². The van der Waals surface area contributed by atoms with Crippen molar-refractivity contribution in [2.45, 2.75) is 0 Å². The maximum Gasteiger partial charge on any atom is 0.0991 e. The lowest BCUT2D eigenvalue weighted by atomic mass is 10.0. The van der Waals surface area contributed by atoms with Crippen LogP contribution in [0.2, 0.25) is 0 Å². The van der Waals surface area contributed by atoms with Crippen molar-refractivity contribution in [1.82, 2.24) is 0 Å². The molecule has 0 saturated heterocycles. The average Bonchev–Trinajstić information content (AvgIpc) is 3.09. The van der Waals surface area contributed by atoms with Gasteiger partial charge in [0.25, 0.3) is 0 Å². The fourth-order valence-electron chi connectivity index (χ4n) is 5.07. The van der Waals surface area contributed by atoms with Gasteiger partial charge < -0.3 is 4.90 Å². The van der Waals surface area contributed by atoms with Crippen molar-refractivity contribution in [1.29, 1.82) is 15.8 Å². The molecule has 4 nitrogen and oxygen atoms in total. The molecule has 6 aromatic carbocycles. The zero-order valence-corrected chi connectivity index (χ0v) is 23.1. The van der Waals surface area contributed by atoms with Crippen molar-refractivity contribution >= 4 is 17.1 Å². The molecule has 0 aliphatic carbocycles. The Labute approximate surface area is 251 Å². The van der Waals surface area contributed by atoms with Crippen molar-refractivity contribution in [2.75, 3.05) is 4.90 Å². The molecule has 0 saturated carbocycles. The highest BCUT2D eigenvalue weighted by Crippen LogP contribution is 2.37. The van der Waals surface area contributed by atoms with Gasteiger partial charge in [0.05, 0.1) is 34.9 Å². The molecule has 6 rings (SSSR count). The highest BCUT2D eigenvalue weighted by Gasteiger charge is 2.14. The molecule has 0 aliphatic rings. The second kappa shape index (κ2) is 12.0. The fourth-order valence-corrected chi connectivity index (χ4v) is 5.07. The quantitative estimate of drug-likeness (QED) is 0.208. The van der Waals surface area contributed by atoms with E-state index < -0.39 is 0 Å². The summed E-state index contributed by atoms with van der Waals surface area (Å²) in [7, 11) is 0. The van der Waals surface area contributed by atoms with E-state index in [4.69, 9.17) is 15.8 Å². The van der Waals surface area contributed by atoms with E-state index in [-0.39, 0.29) is 0 Å². The van der Waals surface area contributed by atoms with Crippen LogP contribution in [0.5, 0.6) is 0 Å². The molecular formula is C39H24N4. The number of hydrogen-bond acceptors (Lipinski definition) is 4. The van der Waals surface area contributed by atoms with Gasteiger partial charge in [0.15, 0.2) is 0 Å². The van der Waals surface area contributed by atoms with E-state index in [0.29, 0.717) is 16.7 Å². The third-order valence-corrected chi connectivity index (χ3v) is 7.42. The zero-order chi connectivity index (χ0) is 29.6. The van der Waals surface area contributed by atoms with Crippen molar-refractivity contribution in [3.63, 3.8) is 0 Å². The van der Waals surface area contributed by atoms with Gasteiger partial charge in [0.2, 0.25) is 0 Å². The lowest BCUT2D eigenvalue weighted by Gasteiger charge is -2.26. The molecule has 0 heterocycles. The van der Waals surface area contributed by atoms with Crippen molar-refractivity contribution in [3.8, 4) is 51.6 Å². The topological polar surface area (TPSA) is 74.6 Å². The molecule has 0 atom stereocenters. The van der Waals surface area contributed by atoms with Crippen LogP contribution < -0.4 is 4.90 Å². The van der Waals surface area contributed by atoms with Gasteiger partial charge >= 0.3 is 0 Å². The van der Waals surface area contributed by atoms with Crippen LogP contribution in [0.4, 0.5) is 17.1 Å². The van der Waals surface area contributed by atoms with Gasteiger partial charge in [-0.3, -0.25) is 0 Å². The van der Waals surface area contributed by atoms with Gasteiger partial charge in [-0.1, -0.05) is 72.8 Å². The molecule has 0 amide bonds. The molecule has 0 bridgehead atoms. The first-order valence-corrected chi connectivity index (χ1v) is 13.8. The Balaban J connectivity index is 1.36. The Hall–Kier alpha value is -6.41. The van der Waals surface area contributed by atoms with Gasteiger partial charge in [-0.05, 0) is 106 Å². The highest BCUT2D eigenvalue weighted by atomic mass is 15.1. The molecule has 6 aromatic rings. The molecule has 0 aromatic heterocycles. The minimum Gasteiger partial charge on any atom is -0.311 e. The predicted octanol–water partition coefficient (Wildman–Crippen LogP) is 9.77. The van der Waals surface area contributed by atoms with E-state index in [1.807, 2.05) is 72.8 Å². The maximum absolute atomic E-state index is 9.14. The molecule has 0 spiro atoms. The molecule has 0 N–H and O–H groups in total. The second-order valence-corrected chi connectivity index (χ2v) is 10.0. The minimum atomic E-state index is 0.639. The second-order valence-electron chi connectivity index (χ2n) is 10.0. The average molecular weight is 549 g/mol. The van der Waals surface area contributed by atoms with Gasteiger partial charge in [0, 0.05) is 17.1 Å². The summed E-state index contributed by atoms with van der Waals surface area (Å²) < 4.78 is 0. The van der Waals surface area contributed by atoms with Gasteiger partial charge in [-0.2, -0.15) is 15.8 Å². The zero-order valence-electron chi connectivity index (χ0n) is 23.1. The monoisotopic (exact) mass is 548 g/mol. The number of anilines is 3. The molecule has 4 heteroatoms. The summed E-state index contributed by atoms with van der Waals surface area (Å²) in [5, 5.41) is 27.4. The largest absolute Gasteiger partial charge is 0.311 e. The van der Waals surface area contributed by atoms with Gasteiger partial charge in [-0.15, -0.1) is 0 Å². The molecule has 200 valence electrons. The molecule has 43 heavy (non-hydrogen) atoms. The SMILES string of the molecule is N#Cc1ccc(-c2ccc(N(c3ccc(-c4ccc(C#N)cc4)cc3)c3ccc(-c4ccc(C#N)cc4)cc3)cc2)cc1. The van der Waals surface area contributed by atoms with Crippen molar-refractivity contribution in [2.24, 2.45) is 0 Å². The number of nitriles is 3. The van der Waals surface area contributed by atoms with Crippen LogP contribution in [-0.2, 0) is 0 Å². The Kier molecular flexibility index (Phi) is 7.47. The summed E-state index contributed by atoms with van der Waals surface area (Å²) >= 11 is 0. The molecule has 0 aliphatic heterocycles. The number of rotatable bonds is 6. The summed E-state index contributed by atoms with van der Waals surface area (Å²) in [5.41, 5.74) is 11.3. The van der Waals surface area contributed by atoms with Crippen LogP contribution in [0.15, 0.2) is 146 Å². The van der Waals surface area contributed by atoms with Gasteiger partial charge in [0.1, 0.15) is 0 Å². The summed E-state index contributed by atoms with van der Waals surface area (Å²) in [5.74, 6) is 0. The summed E-state index contributed by atoms with van der Waals surface area (Å²) in [6, 6.07) is 54.6. The number of hydrogen-bond donors (Lipinski definition) is 0. The van der Waals surface area contributed by atoms with Gasteiger partial charge in [-0.25, -0.2) is 0 Å². The van der Waals surface area contributed by atoms with E-state index in [1.165, 1.54) is 0 Å². The third-order valence-electron chi connectivity index (χ3n) is 7.42. The van der Waals surface area contributed by atoms with E-state index in [2.05, 4.69) is 95.9 Å². The Morgan fingerprint density at radius 3 is 0.651 bits per heavy atom. The van der Waals surface area contributed by atoms with Crippen molar-refractivity contribution < 1.29 is 0 Å². The third kappa shape index (κ3) is 5.75. The molecule has 0 radical (unpaired) electrons. The van der Waals surface area contributed by atoms with E-state index >= 15 is 0 Å².